The Kier molecular flexibility index (Phi) is 3.45. The summed E-state index contributed by atoms with van der Waals surface area (Å²) in [7, 11) is 0. The van der Waals surface area contributed by atoms with Crippen LogP contribution in [0.1, 0.15) is 41.9 Å². The van der Waals surface area contributed by atoms with Gasteiger partial charge in [0.15, 0.2) is 5.78 Å². The largest absolute Gasteiger partial charge is 0.319 e. The second kappa shape index (κ2) is 4.24. The summed E-state index contributed by atoms with van der Waals surface area (Å²) < 4.78 is 0. The molecule has 1 aromatic rings. The molecule has 0 unspecified atom stereocenters. The summed E-state index contributed by atoms with van der Waals surface area (Å²) in [5.41, 5.74) is 6.17. The van der Waals surface area contributed by atoms with Crippen molar-refractivity contribution in [2.45, 2.75) is 39.2 Å². The van der Waals surface area contributed by atoms with Gasteiger partial charge in [-0.25, -0.2) is 0 Å². The quantitative estimate of drug-likeness (QED) is 0.778. The van der Waals surface area contributed by atoms with Gasteiger partial charge in [0.05, 0.1) is 5.54 Å². The minimum atomic E-state index is -0.675. The van der Waals surface area contributed by atoms with Crippen molar-refractivity contribution in [3.63, 3.8) is 0 Å². The summed E-state index contributed by atoms with van der Waals surface area (Å²) >= 11 is 1.59. The van der Waals surface area contributed by atoms with Gasteiger partial charge in [-0.15, -0.1) is 11.3 Å². The van der Waals surface area contributed by atoms with E-state index in [9.17, 15) is 4.79 Å². The van der Waals surface area contributed by atoms with Gasteiger partial charge < -0.3 is 5.73 Å². The number of carbonyl (C=O) groups is 1. The van der Waals surface area contributed by atoms with E-state index >= 15 is 0 Å². The van der Waals surface area contributed by atoms with Crippen molar-refractivity contribution in [1.82, 2.24) is 0 Å². The second-order valence-corrected chi connectivity index (χ2v) is 4.70. The summed E-state index contributed by atoms with van der Waals surface area (Å²) in [4.78, 5) is 13.2. The first kappa shape index (κ1) is 11.4. The average molecular weight is 211 g/mol. The highest BCUT2D eigenvalue weighted by Crippen LogP contribution is 2.23. The SMILES string of the molecule is CCC(N)(CC)C(=O)c1ccsc1C. The number of rotatable bonds is 4. The normalized spacial score (nSPS) is 11.7. The van der Waals surface area contributed by atoms with Crippen molar-refractivity contribution >= 4 is 17.1 Å². The zero-order valence-electron chi connectivity index (χ0n) is 8.96. The molecule has 2 N–H and O–H groups in total. The molecule has 0 aliphatic carbocycles. The van der Waals surface area contributed by atoms with Crippen molar-refractivity contribution in [1.29, 1.82) is 0 Å². The van der Waals surface area contributed by atoms with Gasteiger partial charge in [0.2, 0.25) is 0 Å². The molecular weight excluding hydrogens is 194 g/mol. The lowest BCUT2D eigenvalue weighted by atomic mass is 9.86. The maximum absolute atomic E-state index is 12.1. The molecule has 0 aliphatic rings. The number of ketones is 1. The van der Waals surface area contributed by atoms with Crippen LogP contribution in [-0.4, -0.2) is 11.3 Å². The first-order valence-corrected chi connectivity index (χ1v) is 5.81. The van der Waals surface area contributed by atoms with Gasteiger partial charge in [0, 0.05) is 10.4 Å². The Morgan fingerprint density at radius 3 is 2.43 bits per heavy atom. The van der Waals surface area contributed by atoms with E-state index in [2.05, 4.69) is 0 Å². The van der Waals surface area contributed by atoms with Crippen LogP contribution in [-0.2, 0) is 0 Å². The molecule has 14 heavy (non-hydrogen) atoms. The Labute approximate surface area is 89.1 Å². The summed E-state index contributed by atoms with van der Waals surface area (Å²) in [5.74, 6) is 0.0845. The minimum absolute atomic E-state index is 0.0845. The Bertz CT molecular complexity index is 326. The van der Waals surface area contributed by atoms with E-state index in [-0.39, 0.29) is 5.78 Å². The summed E-state index contributed by atoms with van der Waals surface area (Å²) in [5, 5.41) is 1.94. The van der Waals surface area contributed by atoms with E-state index in [1.807, 2.05) is 32.2 Å². The molecule has 0 atom stereocenters. The molecule has 78 valence electrons. The summed E-state index contributed by atoms with van der Waals surface area (Å²) in [6.45, 7) is 5.88. The highest BCUT2D eigenvalue weighted by atomic mass is 32.1. The van der Waals surface area contributed by atoms with E-state index in [1.54, 1.807) is 11.3 Å². The van der Waals surface area contributed by atoms with Gasteiger partial charge >= 0.3 is 0 Å². The molecule has 0 saturated heterocycles. The molecule has 0 bridgehead atoms. The predicted octanol–water partition coefficient (Wildman–Crippen LogP) is 2.76. The molecule has 0 aromatic carbocycles. The number of nitrogens with two attached hydrogens (primary N) is 1. The molecule has 0 spiro atoms. The summed E-state index contributed by atoms with van der Waals surface area (Å²) in [6, 6.07) is 1.87. The molecule has 1 rings (SSSR count). The number of hydrogen-bond acceptors (Lipinski definition) is 3. The van der Waals surface area contributed by atoms with E-state index in [4.69, 9.17) is 5.73 Å². The fourth-order valence-electron chi connectivity index (χ4n) is 1.46. The van der Waals surface area contributed by atoms with Crippen LogP contribution in [0.15, 0.2) is 11.4 Å². The third-order valence-corrected chi connectivity index (χ3v) is 3.66. The van der Waals surface area contributed by atoms with Crippen LogP contribution in [0.3, 0.4) is 0 Å². The molecule has 2 nitrogen and oxygen atoms in total. The van der Waals surface area contributed by atoms with Crippen LogP contribution in [0.5, 0.6) is 0 Å². The van der Waals surface area contributed by atoms with Crippen LogP contribution in [0.2, 0.25) is 0 Å². The Morgan fingerprint density at radius 2 is 2.07 bits per heavy atom. The topological polar surface area (TPSA) is 43.1 Å². The number of hydrogen-bond donors (Lipinski definition) is 1. The maximum Gasteiger partial charge on any atom is 0.183 e. The zero-order valence-corrected chi connectivity index (χ0v) is 9.78. The van der Waals surface area contributed by atoms with Gasteiger partial charge in [0.1, 0.15) is 0 Å². The first-order valence-electron chi connectivity index (χ1n) is 4.93. The number of carbonyl (C=O) groups excluding carboxylic acids is 1. The molecule has 0 aliphatic heterocycles. The van der Waals surface area contributed by atoms with E-state index in [1.165, 1.54) is 0 Å². The Balaban J connectivity index is 3.01. The van der Waals surface area contributed by atoms with E-state index in [0.717, 1.165) is 10.4 Å². The van der Waals surface area contributed by atoms with Gasteiger partial charge in [-0.05, 0) is 31.2 Å². The van der Waals surface area contributed by atoms with Gasteiger partial charge in [-0.1, -0.05) is 13.8 Å². The van der Waals surface area contributed by atoms with Crippen LogP contribution >= 0.6 is 11.3 Å². The predicted molar refractivity (Wildman–Crippen MR) is 60.9 cm³/mol. The lowest BCUT2D eigenvalue weighted by Gasteiger charge is -2.24. The van der Waals surface area contributed by atoms with Crippen molar-refractivity contribution in [2.24, 2.45) is 5.73 Å². The van der Waals surface area contributed by atoms with Gasteiger partial charge in [-0.3, -0.25) is 4.79 Å². The van der Waals surface area contributed by atoms with Gasteiger partial charge in [-0.2, -0.15) is 0 Å². The number of aryl methyl sites for hydroxylation is 1. The van der Waals surface area contributed by atoms with Crippen molar-refractivity contribution in [3.05, 3.63) is 21.9 Å². The molecule has 0 saturated carbocycles. The van der Waals surface area contributed by atoms with E-state index in [0.29, 0.717) is 12.8 Å². The minimum Gasteiger partial charge on any atom is -0.319 e. The third-order valence-electron chi connectivity index (χ3n) is 2.82. The van der Waals surface area contributed by atoms with E-state index < -0.39 is 5.54 Å². The molecule has 0 amide bonds. The van der Waals surface area contributed by atoms with Crippen LogP contribution < -0.4 is 5.73 Å². The van der Waals surface area contributed by atoms with Crippen molar-refractivity contribution in [3.8, 4) is 0 Å². The van der Waals surface area contributed by atoms with Crippen molar-refractivity contribution < 1.29 is 4.79 Å². The summed E-state index contributed by atoms with van der Waals surface area (Å²) in [6.07, 6.45) is 1.38. The maximum atomic E-state index is 12.1. The average Bonchev–Trinajstić information content (AvgIpc) is 2.62. The fourth-order valence-corrected chi connectivity index (χ4v) is 2.16. The number of thiophene rings is 1. The van der Waals surface area contributed by atoms with Crippen LogP contribution in [0.25, 0.3) is 0 Å². The number of Topliss-reactive ketones (excluding diaryl/α,β-unsaturated/α-hetero) is 1. The fraction of sp³-hybridized carbons (Fsp3) is 0.545. The second-order valence-electron chi connectivity index (χ2n) is 3.58. The van der Waals surface area contributed by atoms with Gasteiger partial charge in [0.25, 0.3) is 0 Å². The Morgan fingerprint density at radius 1 is 1.50 bits per heavy atom. The van der Waals surface area contributed by atoms with Crippen LogP contribution in [0, 0.1) is 6.92 Å². The molecule has 1 aromatic heterocycles. The lowest BCUT2D eigenvalue weighted by molar-refractivity contribution is 0.0879. The molecule has 0 fully saturated rings. The monoisotopic (exact) mass is 211 g/mol. The first-order chi connectivity index (χ1) is 6.55. The zero-order chi connectivity index (χ0) is 10.8. The third kappa shape index (κ3) is 1.88. The molecule has 0 radical (unpaired) electrons. The highest BCUT2D eigenvalue weighted by Gasteiger charge is 2.31. The Hall–Kier alpha value is -0.670. The lowest BCUT2D eigenvalue weighted by Crippen LogP contribution is -2.46. The molecule has 1 heterocycles. The smallest absolute Gasteiger partial charge is 0.183 e. The highest BCUT2D eigenvalue weighted by molar-refractivity contribution is 7.10. The molecule has 3 heteroatoms. The molecular formula is C11H17NOS. The van der Waals surface area contributed by atoms with Crippen LogP contribution in [0.4, 0.5) is 0 Å². The standard InChI is InChI=1S/C11H17NOS/c1-4-11(12,5-2)10(13)9-6-7-14-8(9)3/h6-7H,4-5,12H2,1-3H3. The van der Waals surface area contributed by atoms with Crippen molar-refractivity contribution in [2.75, 3.05) is 0 Å².